The molecule has 0 fully saturated rings. The van der Waals surface area contributed by atoms with E-state index in [9.17, 15) is 0 Å². The lowest BCUT2D eigenvalue weighted by Gasteiger charge is -2.12. The third-order valence-electron chi connectivity index (χ3n) is 12.7. The molecule has 0 bridgehead atoms. The molecule has 62 heavy (non-hydrogen) atoms. The number of nitrogens with zero attached hydrogens (tertiary/aromatic N) is 2. The standard InChI is InChI=1S/C58H36N2OS/c1-3-12-35(13-4-1)37-16-11-17-42(30-37)55-57-56(60-58(59-55)36-14-5-2-6-15-36)49-28-24-41(34-54(49)62-57)40-23-27-48-51-32-39(25-29-52(51)61-53(48)33-40)38-22-26-47-45-20-8-7-18-43(45)44-19-9-10-21-46(44)50(47)31-38/h1-3,5-12,14-34H,4,13H2. The van der Waals surface area contributed by atoms with Crippen molar-refractivity contribution in [2.24, 2.45) is 0 Å². The minimum absolute atomic E-state index is 0.739. The fourth-order valence-electron chi connectivity index (χ4n) is 9.67. The molecule has 0 N–H and O–H groups in total. The average Bonchev–Trinajstić information content (AvgIpc) is 3.91. The predicted molar refractivity (Wildman–Crippen MR) is 263 cm³/mol. The Morgan fingerprint density at radius 3 is 1.79 bits per heavy atom. The molecular formula is C58H36N2OS. The van der Waals surface area contributed by atoms with Gasteiger partial charge in [0.1, 0.15) is 11.2 Å². The van der Waals surface area contributed by atoms with Crippen LogP contribution in [-0.2, 0) is 0 Å². The summed E-state index contributed by atoms with van der Waals surface area (Å²) in [6.45, 7) is 0. The maximum Gasteiger partial charge on any atom is 0.160 e. The van der Waals surface area contributed by atoms with Crippen molar-refractivity contribution in [3.63, 3.8) is 0 Å². The molecule has 0 amide bonds. The Morgan fingerprint density at radius 1 is 0.419 bits per heavy atom. The van der Waals surface area contributed by atoms with E-state index in [1.54, 1.807) is 11.3 Å². The van der Waals surface area contributed by atoms with E-state index in [0.717, 1.165) is 84.2 Å². The number of thiophene rings is 1. The molecule has 0 radical (unpaired) electrons. The summed E-state index contributed by atoms with van der Waals surface area (Å²) in [5.41, 5.74) is 13.1. The Labute approximate surface area is 361 Å². The first-order valence-electron chi connectivity index (χ1n) is 21.3. The molecule has 0 unspecified atom stereocenters. The van der Waals surface area contributed by atoms with Crippen LogP contribution < -0.4 is 0 Å². The third kappa shape index (κ3) is 5.64. The summed E-state index contributed by atoms with van der Waals surface area (Å²) >= 11 is 1.77. The first-order chi connectivity index (χ1) is 30.7. The quantitative estimate of drug-likeness (QED) is 0.163. The van der Waals surface area contributed by atoms with Gasteiger partial charge in [-0.15, -0.1) is 11.3 Å². The normalized spacial score (nSPS) is 13.1. The van der Waals surface area contributed by atoms with Crippen molar-refractivity contribution < 1.29 is 4.42 Å². The van der Waals surface area contributed by atoms with Crippen molar-refractivity contribution in [1.29, 1.82) is 0 Å². The number of hydrogen-bond acceptors (Lipinski definition) is 4. The molecule has 1 aliphatic carbocycles. The van der Waals surface area contributed by atoms with Gasteiger partial charge in [-0.3, -0.25) is 0 Å². The van der Waals surface area contributed by atoms with Crippen LogP contribution in [0.15, 0.2) is 199 Å². The lowest BCUT2D eigenvalue weighted by Crippen LogP contribution is -1.94. The largest absolute Gasteiger partial charge is 0.456 e. The van der Waals surface area contributed by atoms with Crippen LogP contribution in [0.25, 0.3) is 125 Å². The van der Waals surface area contributed by atoms with Crippen molar-refractivity contribution >= 4 is 91.5 Å². The van der Waals surface area contributed by atoms with Crippen molar-refractivity contribution in [3.05, 3.63) is 200 Å². The summed E-state index contributed by atoms with van der Waals surface area (Å²) in [6.07, 6.45) is 8.75. The highest BCUT2D eigenvalue weighted by atomic mass is 32.1. The van der Waals surface area contributed by atoms with Crippen LogP contribution in [0.3, 0.4) is 0 Å². The summed E-state index contributed by atoms with van der Waals surface area (Å²) in [5.74, 6) is 0.739. The number of rotatable bonds is 5. The van der Waals surface area contributed by atoms with Crippen LogP contribution in [0.5, 0.6) is 0 Å². The van der Waals surface area contributed by atoms with Crippen LogP contribution in [0.2, 0.25) is 0 Å². The molecule has 3 aromatic heterocycles. The van der Waals surface area contributed by atoms with Crippen molar-refractivity contribution in [2.45, 2.75) is 12.8 Å². The molecule has 0 saturated carbocycles. The highest BCUT2D eigenvalue weighted by Gasteiger charge is 2.19. The maximum atomic E-state index is 6.57. The molecule has 3 heterocycles. The van der Waals surface area contributed by atoms with Gasteiger partial charge in [0, 0.05) is 32.0 Å². The number of fused-ring (bicyclic) bond motifs is 12. The van der Waals surface area contributed by atoms with Gasteiger partial charge in [0.25, 0.3) is 0 Å². The van der Waals surface area contributed by atoms with Gasteiger partial charge in [0.15, 0.2) is 5.82 Å². The van der Waals surface area contributed by atoms with Crippen LogP contribution in [0.4, 0.5) is 0 Å². The zero-order valence-corrected chi connectivity index (χ0v) is 34.4. The molecule has 4 heteroatoms. The molecule has 12 aromatic rings. The fraction of sp³-hybridized carbons (Fsp3) is 0.0345. The smallest absolute Gasteiger partial charge is 0.160 e. The second-order valence-electron chi connectivity index (χ2n) is 16.4. The summed E-state index contributed by atoms with van der Waals surface area (Å²) in [7, 11) is 0. The molecule has 0 atom stereocenters. The topological polar surface area (TPSA) is 38.9 Å². The van der Waals surface area contributed by atoms with Crippen LogP contribution in [0.1, 0.15) is 18.4 Å². The number of benzene rings is 9. The van der Waals surface area contributed by atoms with Crippen LogP contribution in [-0.4, -0.2) is 9.97 Å². The Bertz CT molecular complexity index is 3830. The number of aromatic nitrogens is 2. The lowest BCUT2D eigenvalue weighted by molar-refractivity contribution is 0.669. The molecule has 9 aromatic carbocycles. The van der Waals surface area contributed by atoms with E-state index in [2.05, 4.69) is 188 Å². The summed E-state index contributed by atoms with van der Waals surface area (Å²) in [5, 5.41) is 11.1. The number of hydrogen-bond donors (Lipinski definition) is 0. The van der Waals surface area contributed by atoms with Crippen LogP contribution >= 0.6 is 11.3 Å². The molecule has 1 aliphatic rings. The van der Waals surface area contributed by atoms with E-state index < -0.39 is 0 Å². The van der Waals surface area contributed by atoms with E-state index in [-0.39, 0.29) is 0 Å². The average molecular weight is 809 g/mol. The molecule has 3 nitrogen and oxygen atoms in total. The third-order valence-corrected chi connectivity index (χ3v) is 13.9. The Balaban J connectivity index is 0.900. The SMILES string of the molecule is C1=CCCC(c2cccc(-c3nc(-c4ccccc4)nc4c3sc3cc(-c5ccc6c(c5)oc5ccc(-c7ccc8c9ccccc9c9ccccc9c8c7)cc56)ccc34)c2)=C1. The second kappa shape index (κ2) is 14.0. The molecule has 13 rings (SSSR count). The van der Waals surface area contributed by atoms with Crippen LogP contribution in [0, 0.1) is 0 Å². The monoisotopic (exact) mass is 808 g/mol. The van der Waals surface area contributed by atoms with Crippen molar-refractivity contribution in [3.8, 4) is 44.9 Å². The first-order valence-corrected chi connectivity index (χ1v) is 22.1. The Morgan fingerprint density at radius 2 is 1.03 bits per heavy atom. The zero-order chi connectivity index (χ0) is 40.7. The summed E-state index contributed by atoms with van der Waals surface area (Å²) < 4.78 is 8.85. The Hall–Kier alpha value is -7.66. The van der Waals surface area contributed by atoms with Gasteiger partial charge in [-0.25, -0.2) is 9.97 Å². The minimum atomic E-state index is 0.739. The minimum Gasteiger partial charge on any atom is -0.456 e. The predicted octanol–water partition coefficient (Wildman–Crippen LogP) is 16.6. The van der Waals surface area contributed by atoms with Gasteiger partial charge in [0.2, 0.25) is 0 Å². The van der Waals surface area contributed by atoms with Crippen molar-refractivity contribution in [1.82, 2.24) is 9.97 Å². The molecule has 0 aliphatic heterocycles. The molecule has 0 saturated heterocycles. The number of furan rings is 1. The highest BCUT2D eigenvalue weighted by Crippen LogP contribution is 2.43. The maximum absolute atomic E-state index is 6.57. The van der Waals surface area contributed by atoms with Gasteiger partial charge in [-0.05, 0) is 121 Å². The van der Waals surface area contributed by atoms with E-state index in [4.69, 9.17) is 14.4 Å². The van der Waals surface area contributed by atoms with Crippen molar-refractivity contribution in [2.75, 3.05) is 0 Å². The van der Waals surface area contributed by atoms with E-state index in [0.29, 0.717) is 0 Å². The van der Waals surface area contributed by atoms with E-state index in [1.165, 1.54) is 59.3 Å². The zero-order valence-electron chi connectivity index (χ0n) is 33.6. The fourth-order valence-corrected chi connectivity index (χ4v) is 10.9. The van der Waals surface area contributed by atoms with Gasteiger partial charge in [-0.1, -0.05) is 152 Å². The second-order valence-corrected chi connectivity index (χ2v) is 17.4. The Kier molecular flexibility index (Phi) is 7.91. The van der Waals surface area contributed by atoms with Gasteiger partial charge < -0.3 is 4.42 Å². The molecule has 0 spiro atoms. The number of allylic oxidation sites excluding steroid dienone is 4. The van der Waals surface area contributed by atoms with E-state index in [1.807, 2.05) is 6.07 Å². The summed E-state index contributed by atoms with van der Waals surface area (Å²) in [4.78, 5) is 10.5. The van der Waals surface area contributed by atoms with Gasteiger partial charge in [0.05, 0.1) is 15.9 Å². The van der Waals surface area contributed by atoms with E-state index >= 15 is 0 Å². The molecular weight excluding hydrogens is 773 g/mol. The lowest BCUT2D eigenvalue weighted by atomic mass is 9.92. The molecule has 290 valence electrons. The van der Waals surface area contributed by atoms with Gasteiger partial charge in [-0.2, -0.15) is 0 Å². The first kappa shape index (κ1) is 35.1. The summed E-state index contributed by atoms with van der Waals surface area (Å²) in [6, 6.07) is 63.6. The highest BCUT2D eigenvalue weighted by molar-refractivity contribution is 7.26. The van der Waals surface area contributed by atoms with Gasteiger partial charge >= 0.3 is 0 Å².